The molecule has 0 aliphatic carbocycles. The summed E-state index contributed by atoms with van der Waals surface area (Å²) in [6, 6.07) is 6.65. The van der Waals surface area contributed by atoms with E-state index >= 15 is 0 Å². The first-order chi connectivity index (χ1) is 11.4. The Morgan fingerprint density at radius 3 is 2.33 bits per heavy atom. The van der Waals surface area contributed by atoms with Crippen LogP contribution in [0, 0.1) is 0 Å². The summed E-state index contributed by atoms with van der Waals surface area (Å²) in [5, 5.41) is 2.70. The number of carbonyl (C=O) groups excluding carboxylic acids is 3. The maximum atomic E-state index is 12.2. The first-order valence-electron chi connectivity index (χ1n) is 7.99. The number of carbonyl (C=O) groups is 3. The monoisotopic (exact) mass is 336 g/mol. The van der Waals surface area contributed by atoms with E-state index in [0.29, 0.717) is 24.3 Å². The average molecular weight is 336 g/mol. The lowest BCUT2D eigenvalue weighted by Crippen LogP contribution is -3.11. The highest BCUT2D eigenvalue weighted by molar-refractivity contribution is 6.01. The molecular formula is C17H26N3O4+. The molecule has 2 N–H and O–H groups in total. The quantitative estimate of drug-likeness (QED) is 0.644. The summed E-state index contributed by atoms with van der Waals surface area (Å²) >= 11 is 0. The molecule has 0 heterocycles. The summed E-state index contributed by atoms with van der Waals surface area (Å²) in [7, 11) is 3.07. The Morgan fingerprint density at radius 1 is 1.12 bits per heavy atom. The molecular weight excluding hydrogens is 310 g/mol. The van der Waals surface area contributed by atoms with Gasteiger partial charge < -0.3 is 19.9 Å². The van der Waals surface area contributed by atoms with E-state index in [1.165, 1.54) is 7.11 Å². The van der Waals surface area contributed by atoms with Crippen molar-refractivity contribution in [1.82, 2.24) is 4.90 Å². The smallest absolute Gasteiger partial charge is 0.339 e. The van der Waals surface area contributed by atoms with Gasteiger partial charge in [-0.3, -0.25) is 9.59 Å². The van der Waals surface area contributed by atoms with Crippen LogP contribution >= 0.6 is 0 Å². The Morgan fingerprint density at radius 2 is 1.75 bits per heavy atom. The molecule has 24 heavy (non-hydrogen) atoms. The number of likely N-dealkylation sites (N-methyl/N-ethyl adjacent to an activating group) is 2. The highest BCUT2D eigenvalue weighted by Crippen LogP contribution is 2.15. The van der Waals surface area contributed by atoms with E-state index in [4.69, 9.17) is 4.74 Å². The predicted molar refractivity (Wildman–Crippen MR) is 91.0 cm³/mol. The zero-order valence-corrected chi connectivity index (χ0v) is 14.7. The molecule has 0 fully saturated rings. The molecule has 0 saturated carbocycles. The van der Waals surface area contributed by atoms with Gasteiger partial charge in [0.1, 0.15) is 0 Å². The van der Waals surface area contributed by atoms with Crippen LogP contribution in [-0.2, 0) is 14.3 Å². The van der Waals surface area contributed by atoms with Crippen molar-refractivity contribution in [2.75, 3.05) is 45.7 Å². The summed E-state index contributed by atoms with van der Waals surface area (Å²) < 4.78 is 4.70. The van der Waals surface area contributed by atoms with Gasteiger partial charge in [0.25, 0.3) is 11.8 Å². The maximum Gasteiger partial charge on any atom is 0.339 e. The van der Waals surface area contributed by atoms with Crippen LogP contribution in [0.1, 0.15) is 24.2 Å². The molecule has 0 aliphatic rings. The van der Waals surface area contributed by atoms with Crippen LogP contribution in [0.2, 0.25) is 0 Å². The van der Waals surface area contributed by atoms with Crippen molar-refractivity contribution in [3.63, 3.8) is 0 Å². The van der Waals surface area contributed by atoms with Crippen molar-refractivity contribution in [3.8, 4) is 0 Å². The fourth-order valence-electron chi connectivity index (χ4n) is 2.36. The molecule has 0 spiro atoms. The fourth-order valence-corrected chi connectivity index (χ4v) is 2.36. The highest BCUT2D eigenvalue weighted by Gasteiger charge is 2.19. The Balaban J connectivity index is 2.64. The largest absolute Gasteiger partial charge is 0.465 e. The summed E-state index contributed by atoms with van der Waals surface area (Å²) in [5.41, 5.74) is 0.697. The van der Waals surface area contributed by atoms with Gasteiger partial charge in [-0.15, -0.1) is 0 Å². The number of quaternary nitrogens is 1. The van der Waals surface area contributed by atoms with Crippen LogP contribution in [0.15, 0.2) is 24.3 Å². The lowest BCUT2D eigenvalue weighted by molar-refractivity contribution is -0.862. The lowest BCUT2D eigenvalue weighted by atomic mass is 10.2. The Hall–Kier alpha value is -2.41. The summed E-state index contributed by atoms with van der Waals surface area (Å²) in [4.78, 5) is 38.4. The highest BCUT2D eigenvalue weighted by atomic mass is 16.5. The molecule has 7 nitrogen and oxygen atoms in total. The lowest BCUT2D eigenvalue weighted by Gasteiger charge is -2.21. The molecule has 0 saturated heterocycles. The van der Waals surface area contributed by atoms with Gasteiger partial charge in [-0.2, -0.15) is 0 Å². The van der Waals surface area contributed by atoms with Crippen LogP contribution in [0.3, 0.4) is 0 Å². The standard InChI is InChI=1S/C17H25N3O4/c1-5-20(6-2)16(22)12-19(3)11-15(21)18-14-10-8-7-9-13(14)17(23)24-4/h7-10H,5-6,11-12H2,1-4H3,(H,18,21)/p+1. The second-order valence-corrected chi connectivity index (χ2v) is 5.46. The first kappa shape index (κ1) is 19.6. The third-order valence-corrected chi connectivity index (χ3v) is 3.64. The third kappa shape index (κ3) is 5.66. The SMILES string of the molecule is CCN(CC)C(=O)C[NH+](C)CC(=O)Nc1ccccc1C(=O)OC. The molecule has 1 atom stereocenters. The van der Waals surface area contributed by atoms with Crippen LogP contribution in [0.25, 0.3) is 0 Å². The van der Waals surface area contributed by atoms with Crippen molar-refractivity contribution in [3.05, 3.63) is 29.8 Å². The normalized spacial score (nSPS) is 11.5. The van der Waals surface area contributed by atoms with Gasteiger partial charge in [0.15, 0.2) is 13.1 Å². The van der Waals surface area contributed by atoms with Gasteiger partial charge in [0, 0.05) is 13.1 Å². The van der Waals surface area contributed by atoms with E-state index in [1.807, 2.05) is 13.8 Å². The molecule has 1 rings (SSSR count). The summed E-state index contributed by atoms with van der Waals surface area (Å²) in [6.07, 6.45) is 0. The molecule has 1 unspecified atom stereocenters. The van der Waals surface area contributed by atoms with E-state index < -0.39 is 5.97 Å². The summed E-state index contributed by atoms with van der Waals surface area (Å²) in [6.45, 7) is 5.53. The van der Waals surface area contributed by atoms with Gasteiger partial charge in [-0.05, 0) is 26.0 Å². The second kappa shape index (κ2) is 9.67. The number of benzene rings is 1. The maximum absolute atomic E-state index is 12.2. The Bertz CT molecular complexity index is 585. The Kier molecular flexibility index (Phi) is 7.91. The fraction of sp³-hybridized carbons (Fsp3) is 0.471. The zero-order chi connectivity index (χ0) is 18.1. The molecule has 132 valence electrons. The zero-order valence-electron chi connectivity index (χ0n) is 14.7. The number of hydrogen-bond donors (Lipinski definition) is 2. The number of ether oxygens (including phenoxy) is 1. The van der Waals surface area contributed by atoms with Gasteiger partial charge in [-0.25, -0.2) is 4.79 Å². The number of anilines is 1. The molecule has 1 aromatic carbocycles. The minimum Gasteiger partial charge on any atom is -0.465 e. The first-order valence-corrected chi connectivity index (χ1v) is 7.99. The summed E-state index contributed by atoms with van der Waals surface area (Å²) in [5.74, 6) is -0.764. The number of para-hydroxylation sites is 1. The number of methoxy groups -OCH3 is 1. The molecule has 0 aromatic heterocycles. The van der Waals surface area contributed by atoms with Crippen molar-refractivity contribution in [1.29, 1.82) is 0 Å². The number of nitrogens with one attached hydrogen (secondary N) is 2. The van der Waals surface area contributed by atoms with Crippen molar-refractivity contribution < 1.29 is 24.0 Å². The number of amides is 2. The molecule has 2 amide bonds. The van der Waals surface area contributed by atoms with E-state index in [1.54, 1.807) is 36.2 Å². The molecule has 7 heteroatoms. The van der Waals surface area contributed by atoms with Crippen LogP contribution in [0.4, 0.5) is 5.69 Å². The molecule has 1 aromatic rings. The predicted octanol–water partition coefficient (Wildman–Crippen LogP) is -0.205. The minimum atomic E-state index is -0.511. The van der Waals surface area contributed by atoms with Gasteiger partial charge in [0.2, 0.25) is 0 Å². The van der Waals surface area contributed by atoms with Gasteiger partial charge >= 0.3 is 5.97 Å². The van der Waals surface area contributed by atoms with Gasteiger partial charge in [-0.1, -0.05) is 12.1 Å². The number of hydrogen-bond acceptors (Lipinski definition) is 4. The van der Waals surface area contributed by atoms with Crippen molar-refractivity contribution >= 4 is 23.5 Å². The molecule has 0 radical (unpaired) electrons. The molecule has 0 bridgehead atoms. The minimum absolute atomic E-state index is 0.0141. The van der Waals surface area contributed by atoms with Crippen LogP contribution < -0.4 is 10.2 Å². The van der Waals surface area contributed by atoms with E-state index in [9.17, 15) is 14.4 Å². The average Bonchev–Trinajstić information content (AvgIpc) is 2.55. The third-order valence-electron chi connectivity index (χ3n) is 3.64. The topological polar surface area (TPSA) is 80.2 Å². The number of rotatable bonds is 8. The van der Waals surface area contributed by atoms with E-state index in [0.717, 1.165) is 4.90 Å². The second-order valence-electron chi connectivity index (χ2n) is 5.46. The van der Waals surface area contributed by atoms with Gasteiger partial charge in [0.05, 0.1) is 25.4 Å². The van der Waals surface area contributed by atoms with Crippen molar-refractivity contribution in [2.45, 2.75) is 13.8 Å². The van der Waals surface area contributed by atoms with Crippen LogP contribution in [0.5, 0.6) is 0 Å². The van der Waals surface area contributed by atoms with Crippen LogP contribution in [-0.4, -0.2) is 63.0 Å². The van der Waals surface area contributed by atoms with E-state index in [-0.39, 0.29) is 24.9 Å². The number of esters is 1. The van der Waals surface area contributed by atoms with Crippen molar-refractivity contribution in [2.24, 2.45) is 0 Å². The molecule has 0 aliphatic heterocycles. The number of nitrogens with zero attached hydrogens (tertiary/aromatic N) is 1. The van der Waals surface area contributed by atoms with E-state index in [2.05, 4.69) is 5.32 Å². The Labute approximate surface area is 142 Å².